The highest BCUT2D eigenvalue weighted by molar-refractivity contribution is 5.92. The summed E-state index contributed by atoms with van der Waals surface area (Å²) in [6, 6.07) is 14.2. The Morgan fingerprint density at radius 3 is 2.74 bits per heavy atom. The molecule has 0 saturated carbocycles. The Bertz CT molecular complexity index is 1420. The summed E-state index contributed by atoms with van der Waals surface area (Å²) in [4.78, 5) is 13.5. The number of ether oxygens (including phenoxy) is 1. The van der Waals surface area contributed by atoms with Gasteiger partial charge < -0.3 is 20.5 Å². The van der Waals surface area contributed by atoms with Gasteiger partial charge in [-0.2, -0.15) is 13.2 Å². The minimum absolute atomic E-state index is 0.243. The van der Waals surface area contributed by atoms with Gasteiger partial charge in [-0.25, -0.2) is 15.0 Å². The van der Waals surface area contributed by atoms with E-state index in [1.54, 1.807) is 54.9 Å². The number of nitrogens with one attached hydrogen (secondary N) is 2. The lowest BCUT2D eigenvalue weighted by molar-refractivity contribution is -0.202. The molecule has 5 rings (SSSR count). The topological polar surface area (TPSA) is 92.2 Å². The Labute approximate surface area is 218 Å². The molecule has 0 bridgehead atoms. The Kier molecular flexibility index (Phi) is 7.44. The number of hydrogen-bond donors (Lipinski definition) is 3. The van der Waals surface area contributed by atoms with E-state index in [-0.39, 0.29) is 6.04 Å². The highest BCUT2D eigenvalue weighted by atomic mass is 19.4. The van der Waals surface area contributed by atoms with E-state index in [4.69, 9.17) is 4.74 Å². The second-order valence-corrected chi connectivity index (χ2v) is 9.40. The zero-order chi connectivity index (χ0) is 26.7. The van der Waals surface area contributed by atoms with Crippen molar-refractivity contribution in [2.75, 3.05) is 18.4 Å². The molecule has 1 aliphatic rings. The minimum Gasteiger partial charge on any atom is -0.437 e. The predicted molar refractivity (Wildman–Crippen MR) is 139 cm³/mol. The molecule has 2 aromatic carbocycles. The number of rotatable bonds is 7. The van der Waals surface area contributed by atoms with Crippen LogP contribution < -0.4 is 15.4 Å². The molecule has 1 aliphatic heterocycles. The minimum atomic E-state index is -4.70. The fraction of sp³-hybridized carbons (Fsp3) is 0.321. The average molecular weight is 524 g/mol. The normalized spacial score (nSPS) is 16.8. The highest BCUT2D eigenvalue weighted by Crippen LogP contribution is 2.38. The van der Waals surface area contributed by atoms with Crippen molar-refractivity contribution < 1.29 is 23.0 Å². The van der Waals surface area contributed by atoms with E-state index >= 15 is 0 Å². The summed E-state index contributed by atoms with van der Waals surface area (Å²) in [6.07, 6.45) is -2.30. The molecule has 3 heterocycles. The van der Waals surface area contributed by atoms with E-state index < -0.39 is 18.7 Å². The first-order valence-electron chi connectivity index (χ1n) is 12.5. The predicted octanol–water partition coefficient (Wildman–Crippen LogP) is 5.42. The summed E-state index contributed by atoms with van der Waals surface area (Å²) >= 11 is 0. The maximum Gasteiger partial charge on any atom is 0.414 e. The van der Waals surface area contributed by atoms with Crippen molar-refractivity contribution in [2.24, 2.45) is 0 Å². The number of piperidine rings is 1. The molecule has 0 unspecified atom stereocenters. The van der Waals surface area contributed by atoms with Crippen molar-refractivity contribution in [3.05, 3.63) is 72.1 Å². The van der Waals surface area contributed by atoms with Crippen LogP contribution in [0.2, 0.25) is 0 Å². The Morgan fingerprint density at radius 2 is 1.95 bits per heavy atom. The third-order valence-electron chi connectivity index (χ3n) is 6.62. The molecule has 2 aromatic heterocycles. The number of alkyl halides is 3. The van der Waals surface area contributed by atoms with Crippen molar-refractivity contribution >= 4 is 16.7 Å². The fourth-order valence-corrected chi connectivity index (χ4v) is 4.64. The number of anilines is 1. The van der Waals surface area contributed by atoms with Crippen LogP contribution in [0.3, 0.4) is 0 Å². The van der Waals surface area contributed by atoms with Crippen LogP contribution >= 0.6 is 0 Å². The number of halogens is 3. The Balaban J connectivity index is 1.48. The molecule has 2 atom stereocenters. The number of aliphatic hydroxyl groups excluding tert-OH is 1. The number of pyridine rings is 1. The van der Waals surface area contributed by atoms with E-state index in [1.807, 2.05) is 13.0 Å². The molecular weight excluding hydrogens is 495 g/mol. The van der Waals surface area contributed by atoms with E-state index in [2.05, 4.69) is 25.6 Å². The monoisotopic (exact) mass is 523 g/mol. The third-order valence-corrected chi connectivity index (χ3v) is 6.62. The lowest BCUT2D eigenvalue weighted by Gasteiger charge is -2.23. The second-order valence-electron chi connectivity index (χ2n) is 9.40. The molecule has 4 aromatic rings. The highest BCUT2D eigenvalue weighted by Gasteiger charge is 2.38. The first kappa shape index (κ1) is 25.9. The summed E-state index contributed by atoms with van der Waals surface area (Å²) in [6.45, 7) is 3.71. The van der Waals surface area contributed by atoms with Crippen LogP contribution in [0, 0.1) is 6.92 Å². The zero-order valence-electron chi connectivity index (χ0n) is 20.8. The fourth-order valence-electron chi connectivity index (χ4n) is 4.64. The number of aliphatic hydroxyl groups is 1. The molecule has 38 heavy (non-hydrogen) atoms. The lowest BCUT2D eigenvalue weighted by atomic mass is 9.97. The van der Waals surface area contributed by atoms with Crippen molar-refractivity contribution in [3.8, 4) is 22.9 Å². The van der Waals surface area contributed by atoms with Crippen LogP contribution in [0.25, 0.3) is 22.0 Å². The molecule has 0 aliphatic carbocycles. The number of nitrogens with zero attached hydrogens (tertiary/aromatic N) is 3. The van der Waals surface area contributed by atoms with Crippen molar-refractivity contribution in [1.29, 1.82) is 0 Å². The van der Waals surface area contributed by atoms with Gasteiger partial charge in [0.25, 0.3) is 0 Å². The standard InChI is InChI=1S/C28H28F3N5O2/c1-17-9-10-20-18(15-24(37)28(29,30)31)5-2-7-21(20)25(17)38-26-22(8-4-13-33-26)23-11-14-34-27(36-23)35-19-6-3-12-32-16-19/h2,4-5,7-11,13-14,19,24,32,37H,3,6,12,15-16H2,1H3,(H,34,35,36)/t19-,24-/m0/s1. The molecule has 1 fully saturated rings. The van der Waals surface area contributed by atoms with Crippen LogP contribution in [0.5, 0.6) is 11.6 Å². The molecular formula is C28H28F3N5O2. The largest absolute Gasteiger partial charge is 0.437 e. The quantitative estimate of drug-likeness (QED) is 0.298. The maximum absolute atomic E-state index is 13.0. The summed E-state index contributed by atoms with van der Waals surface area (Å²) in [5, 5.41) is 17.6. The van der Waals surface area contributed by atoms with E-state index in [0.29, 0.717) is 45.2 Å². The van der Waals surface area contributed by atoms with Crippen molar-refractivity contribution in [3.63, 3.8) is 0 Å². The number of aromatic nitrogens is 3. The summed E-state index contributed by atoms with van der Waals surface area (Å²) in [5.74, 6) is 1.31. The summed E-state index contributed by atoms with van der Waals surface area (Å²) < 4.78 is 45.4. The number of fused-ring (bicyclic) bond motifs is 1. The number of aryl methyl sites for hydroxylation is 1. The molecule has 0 spiro atoms. The Hall–Kier alpha value is -3.76. The summed E-state index contributed by atoms with van der Waals surface area (Å²) in [5.41, 5.74) is 2.45. The second kappa shape index (κ2) is 10.9. The van der Waals surface area contributed by atoms with Crippen molar-refractivity contribution in [1.82, 2.24) is 20.3 Å². The van der Waals surface area contributed by atoms with Gasteiger partial charge in [0.15, 0.2) is 6.10 Å². The number of hydrogen-bond acceptors (Lipinski definition) is 7. The SMILES string of the molecule is Cc1ccc2c(C[C@H](O)C(F)(F)F)cccc2c1Oc1ncccc1-c1ccnc(N[C@H]2CCCNC2)n1. The van der Waals surface area contributed by atoms with Gasteiger partial charge in [-0.05, 0) is 61.0 Å². The molecule has 0 radical (unpaired) electrons. The molecule has 10 heteroatoms. The molecule has 3 N–H and O–H groups in total. The van der Waals surface area contributed by atoms with Crippen LogP contribution in [0.1, 0.15) is 24.0 Å². The van der Waals surface area contributed by atoms with Gasteiger partial charge in [-0.15, -0.1) is 0 Å². The third kappa shape index (κ3) is 5.71. The van der Waals surface area contributed by atoms with E-state index in [1.165, 1.54) is 0 Å². The molecule has 198 valence electrons. The van der Waals surface area contributed by atoms with Crippen LogP contribution in [0.4, 0.5) is 19.1 Å². The van der Waals surface area contributed by atoms with Gasteiger partial charge in [0.05, 0.1) is 11.3 Å². The lowest BCUT2D eigenvalue weighted by Crippen LogP contribution is -2.38. The van der Waals surface area contributed by atoms with Gasteiger partial charge in [-0.3, -0.25) is 0 Å². The van der Waals surface area contributed by atoms with Gasteiger partial charge >= 0.3 is 6.18 Å². The van der Waals surface area contributed by atoms with Crippen LogP contribution in [0.15, 0.2) is 60.9 Å². The van der Waals surface area contributed by atoms with Gasteiger partial charge in [0.1, 0.15) is 5.75 Å². The van der Waals surface area contributed by atoms with Crippen LogP contribution in [-0.4, -0.2) is 51.5 Å². The first-order chi connectivity index (χ1) is 18.3. The summed E-state index contributed by atoms with van der Waals surface area (Å²) in [7, 11) is 0. The van der Waals surface area contributed by atoms with E-state index in [9.17, 15) is 18.3 Å². The molecule has 7 nitrogen and oxygen atoms in total. The van der Waals surface area contributed by atoms with E-state index in [0.717, 1.165) is 31.5 Å². The van der Waals surface area contributed by atoms with Gasteiger partial charge in [0.2, 0.25) is 11.8 Å². The van der Waals surface area contributed by atoms with Gasteiger partial charge in [0, 0.05) is 36.8 Å². The molecule has 1 saturated heterocycles. The average Bonchev–Trinajstić information content (AvgIpc) is 2.91. The zero-order valence-corrected chi connectivity index (χ0v) is 20.8. The Morgan fingerprint density at radius 1 is 1.08 bits per heavy atom. The smallest absolute Gasteiger partial charge is 0.414 e. The first-order valence-corrected chi connectivity index (χ1v) is 12.5. The van der Waals surface area contributed by atoms with Gasteiger partial charge in [-0.1, -0.05) is 30.3 Å². The molecule has 0 amide bonds. The van der Waals surface area contributed by atoms with Crippen molar-refractivity contribution in [2.45, 2.75) is 44.5 Å². The van der Waals surface area contributed by atoms with Crippen LogP contribution in [-0.2, 0) is 6.42 Å². The maximum atomic E-state index is 13.0. The number of benzene rings is 2.